The van der Waals surface area contributed by atoms with Gasteiger partial charge >= 0.3 is 0 Å². The van der Waals surface area contributed by atoms with Gasteiger partial charge < -0.3 is 15.5 Å². The maximum absolute atomic E-state index is 12.3. The minimum absolute atomic E-state index is 0. The van der Waals surface area contributed by atoms with Crippen LogP contribution in [0.5, 0.6) is 0 Å². The molecule has 1 aromatic rings. The molecular weight excluding hydrogens is 313 g/mol. The van der Waals surface area contributed by atoms with Gasteiger partial charge in [-0.2, -0.15) is 0 Å². The van der Waals surface area contributed by atoms with Crippen molar-refractivity contribution in [2.75, 3.05) is 24.5 Å². The molecule has 2 fully saturated rings. The van der Waals surface area contributed by atoms with Crippen molar-refractivity contribution >= 4 is 41.5 Å². The van der Waals surface area contributed by atoms with Crippen LogP contribution in [0.4, 0.5) is 5.69 Å². The van der Waals surface area contributed by atoms with E-state index < -0.39 is 6.04 Å². The quantitative estimate of drug-likeness (QED) is 0.876. The van der Waals surface area contributed by atoms with Gasteiger partial charge in [0.1, 0.15) is 6.04 Å². The summed E-state index contributed by atoms with van der Waals surface area (Å²) < 4.78 is 0. The molecule has 1 atom stereocenters. The van der Waals surface area contributed by atoms with Crippen LogP contribution in [-0.4, -0.2) is 37.5 Å². The van der Waals surface area contributed by atoms with E-state index in [0.29, 0.717) is 31.1 Å². The highest BCUT2D eigenvalue weighted by Gasteiger charge is 2.35. The highest BCUT2D eigenvalue weighted by atomic mass is 35.5. The maximum Gasteiger partial charge on any atom is 0.249 e. The highest BCUT2D eigenvalue weighted by Crippen LogP contribution is 2.24. The third-order valence-corrected chi connectivity index (χ3v) is 4.03. The summed E-state index contributed by atoms with van der Waals surface area (Å²) in [4.78, 5) is 25.9. The molecule has 2 amide bonds. The Morgan fingerprint density at radius 2 is 2.14 bits per heavy atom. The predicted molar refractivity (Wildman–Crippen MR) is 84.0 cm³/mol. The summed E-state index contributed by atoms with van der Waals surface area (Å²) in [6.45, 7) is 2.00. The first-order valence-corrected chi connectivity index (χ1v) is 7.11. The van der Waals surface area contributed by atoms with Crippen LogP contribution >= 0.6 is 24.0 Å². The van der Waals surface area contributed by atoms with Crippen molar-refractivity contribution in [1.29, 1.82) is 0 Å². The first-order valence-electron chi connectivity index (χ1n) is 6.73. The van der Waals surface area contributed by atoms with Crippen molar-refractivity contribution in [3.63, 3.8) is 0 Å². The normalized spacial score (nSPS) is 21.7. The number of benzene rings is 1. The Labute approximate surface area is 134 Å². The van der Waals surface area contributed by atoms with Crippen LogP contribution in [0, 0.1) is 5.92 Å². The van der Waals surface area contributed by atoms with Gasteiger partial charge in [0, 0.05) is 30.3 Å². The van der Waals surface area contributed by atoms with Crippen LogP contribution in [0.3, 0.4) is 0 Å². The molecule has 2 N–H and O–H groups in total. The number of nitrogens with zero attached hydrogens (tertiary/aromatic N) is 1. The predicted octanol–water partition coefficient (Wildman–Crippen LogP) is 1.20. The fourth-order valence-corrected chi connectivity index (χ4v) is 2.66. The first-order chi connectivity index (χ1) is 9.65. The summed E-state index contributed by atoms with van der Waals surface area (Å²) in [5.41, 5.74) is 0.782. The summed E-state index contributed by atoms with van der Waals surface area (Å²) in [5.74, 6) is -0.0917. The summed E-state index contributed by atoms with van der Waals surface area (Å²) >= 11 is 5.95. The fourth-order valence-electron chi connectivity index (χ4n) is 2.48. The van der Waals surface area contributed by atoms with Gasteiger partial charge in [-0.3, -0.25) is 9.59 Å². The van der Waals surface area contributed by atoms with Crippen molar-refractivity contribution in [3.05, 3.63) is 29.3 Å². The number of rotatable bonds is 3. The standard InChI is InChI=1S/C14H16ClN3O2.ClH/c15-10-2-1-3-11(6-10)18-5-4-12(14(18)20)17-13(19)9-7-16-8-9;/h1-3,6,9,12,16H,4-5,7-8H2,(H,17,19);1H. The number of anilines is 1. The molecule has 3 rings (SSSR count). The Bertz CT molecular complexity index is 549. The van der Waals surface area contributed by atoms with E-state index in [1.165, 1.54) is 0 Å². The lowest BCUT2D eigenvalue weighted by Gasteiger charge is -2.27. The van der Waals surface area contributed by atoms with Gasteiger partial charge in [0.2, 0.25) is 11.8 Å². The van der Waals surface area contributed by atoms with Crippen molar-refractivity contribution in [1.82, 2.24) is 10.6 Å². The fraction of sp³-hybridized carbons (Fsp3) is 0.429. The van der Waals surface area contributed by atoms with Crippen LogP contribution in [0.2, 0.25) is 5.02 Å². The molecule has 0 radical (unpaired) electrons. The molecule has 0 bridgehead atoms. The Morgan fingerprint density at radius 1 is 1.38 bits per heavy atom. The number of hydrogen-bond acceptors (Lipinski definition) is 3. The van der Waals surface area contributed by atoms with Crippen LogP contribution in [0.1, 0.15) is 6.42 Å². The average molecular weight is 330 g/mol. The number of amides is 2. The molecule has 0 spiro atoms. The number of nitrogens with one attached hydrogen (secondary N) is 2. The third-order valence-electron chi connectivity index (χ3n) is 3.79. The zero-order chi connectivity index (χ0) is 14.1. The SMILES string of the molecule is Cl.O=C(NC1CCN(c2cccc(Cl)c2)C1=O)C1CNC1. The molecule has 0 aliphatic carbocycles. The second kappa shape index (κ2) is 6.64. The largest absolute Gasteiger partial charge is 0.344 e. The molecule has 114 valence electrons. The molecule has 2 aliphatic rings. The van der Waals surface area contributed by atoms with Crippen LogP contribution in [0.25, 0.3) is 0 Å². The molecule has 1 aromatic carbocycles. The minimum atomic E-state index is -0.415. The van der Waals surface area contributed by atoms with Crippen molar-refractivity contribution in [2.45, 2.75) is 12.5 Å². The second-order valence-corrected chi connectivity index (χ2v) is 5.61. The lowest BCUT2D eigenvalue weighted by molar-refractivity contribution is -0.130. The Hall–Kier alpha value is -1.30. The topological polar surface area (TPSA) is 61.4 Å². The monoisotopic (exact) mass is 329 g/mol. The molecule has 0 aromatic heterocycles. The number of halogens is 2. The molecule has 21 heavy (non-hydrogen) atoms. The van der Waals surface area contributed by atoms with E-state index >= 15 is 0 Å². The Kier molecular flexibility index (Phi) is 5.08. The average Bonchev–Trinajstić information content (AvgIpc) is 2.69. The molecule has 7 heteroatoms. The minimum Gasteiger partial charge on any atom is -0.344 e. The summed E-state index contributed by atoms with van der Waals surface area (Å²) in [6, 6.07) is 6.79. The lowest BCUT2D eigenvalue weighted by atomic mass is 10.0. The third kappa shape index (κ3) is 3.31. The Morgan fingerprint density at radius 3 is 2.76 bits per heavy atom. The Balaban J connectivity index is 0.00000161. The van der Waals surface area contributed by atoms with Crippen molar-refractivity contribution < 1.29 is 9.59 Å². The molecule has 5 nitrogen and oxygen atoms in total. The summed E-state index contributed by atoms with van der Waals surface area (Å²) in [5, 5.41) is 6.49. The summed E-state index contributed by atoms with van der Waals surface area (Å²) in [6.07, 6.45) is 0.636. The van der Waals surface area contributed by atoms with Gasteiger partial charge in [0.25, 0.3) is 0 Å². The van der Waals surface area contributed by atoms with Crippen LogP contribution in [0.15, 0.2) is 24.3 Å². The van der Waals surface area contributed by atoms with E-state index in [-0.39, 0.29) is 30.1 Å². The van der Waals surface area contributed by atoms with Crippen LogP contribution in [-0.2, 0) is 9.59 Å². The van der Waals surface area contributed by atoms with Crippen LogP contribution < -0.4 is 15.5 Å². The molecule has 1 unspecified atom stereocenters. The zero-order valence-corrected chi connectivity index (χ0v) is 12.9. The van der Waals surface area contributed by atoms with Gasteiger partial charge in [0.15, 0.2) is 0 Å². The summed E-state index contributed by atoms with van der Waals surface area (Å²) in [7, 11) is 0. The van der Waals surface area contributed by atoms with E-state index in [4.69, 9.17) is 11.6 Å². The number of carbonyl (C=O) groups excluding carboxylic acids is 2. The van der Waals surface area contributed by atoms with Gasteiger partial charge in [-0.15, -0.1) is 12.4 Å². The molecule has 0 saturated carbocycles. The van der Waals surface area contributed by atoms with E-state index in [2.05, 4.69) is 10.6 Å². The second-order valence-electron chi connectivity index (χ2n) is 5.17. The smallest absolute Gasteiger partial charge is 0.249 e. The van der Waals surface area contributed by atoms with Crippen molar-refractivity contribution in [2.24, 2.45) is 5.92 Å². The molecular formula is C14H17Cl2N3O2. The molecule has 2 saturated heterocycles. The first kappa shape index (κ1) is 16.1. The van der Waals surface area contributed by atoms with E-state index in [0.717, 1.165) is 5.69 Å². The molecule has 2 aliphatic heterocycles. The zero-order valence-electron chi connectivity index (χ0n) is 11.3. The van der Waals surface area contributed by atoms with Gasteiger partial charge in [-0.25, -0.2) is 0 Å². The van der Waals surface area contributed by atoms with Gasteiger partial charge in [-0.05, 0) is 24.6 Å². The number of hydrogen-bond donors (Lipinski definition) is 2. The lowest BCUT2D eigenvalue weighted by Crippen LogP contribution is -2.54. The van der Waals surface area contributed by atoms with Gasteiger partial charge in [-0.1, -0.05) is 17.7 Å². The van der Waals surface area contributed by atoms with Gasteiger partial charge in [0.05, 0.1) is 5.92 Å². The maximum atomic E-state index is 12.3. The molecule has 2 heterocycles. The van der Waals surface area contributed by atoms with E-state index in [1.54, 1.807) is 17.0 Å². The number of carbonyl (C=O) groups is 2. The highest BCUT2D eigenvalue weighted by molar-refractivity contribution is 6.31. The van der Waals surface area contributed by atoms with E-state index in [1.807, 2.05) is 12.1 Å². The van der Waals surface area contributed by atoms with Crippen molar-refractivity contribution in [3.8, 4) is 0 Å². The van der Waals surface area contributed by atoms with E-state index in [9.17, 15) is 9.59 Å².